The van der Waals surface area contributed by atoms with E-state index in [1.165, 1.54) is 19.1 Å². The third kappa shape index (κ3) is 4.33. The van der Waals surface area contributed by atoms with Crippen LogP contribution in [0.25, 0.3) is 0 Å². The Balaban J connectivity index is 1.95. The van der Waals surface area contributed by atoms with Crippen LogP contribution in [0.5, 0.6) is 0 Å². The van der Waals surface area contributed by atoms with Crippen molar-refractivity contribution in [2.45, 2.75) is 19.2 Å². The van der Waals surface area contributed by atoms with Crippen LogP contribution in [-0.2, 0) is 20.5 Å². The maximum atomic E-state index is 12.7. The molecule has 140 valence electrons. The van der Waals surface area contributed by atoms with Gasteiger partial charge in [0, 0.05) is 6.92 Å². The molecule has 5 nitrogen and oxygen atoms in total. The molecule has 0 spiro atoms. The monoisotopic (exact) mass is 376 g/mol. The highest BCUT2D eigenvalue weighted by Gasteiger charge is 2.33. The Morgan fingerprint density at radius 3 is 2.48 bits per heavy atom. The van der Waals surface area contributed by atoms with Crippen LogP contribution in [0.2, 0.25) is 0 Å². The Morgan fingerprint density at radius 1 is 1.15 bits per heavy atom. The number of alkyl halides is 3. The molecule has 1 heterocycles. The molecule has 1 aromatic rings. The molecule has 2 aliphatic rings. The van der Waals surface area contributed by atoms with Crippen molar-refractivity contribution in [3.8, 4) is 0 Å². The molecule has 1 aliphatic carbocycles. The fourth-order valence-electron chi connectivity index (χ4n) is 2.65. The summed E-state index contributed by atoms with van der Waals surface area (Å²) in [4.78, 5) is 27.7. The highest BCUT2D eigenvalue weighted by Crippen LogP contribution is 2.31. The summed E-state index contributed by atoms with van der Waals surface area (Å²) >= 11 is 0. The third-order valence-corrected chi connectivity index (χ3v) is 3.90. The van der Waals surface area contributed by atoms with Crippen LogP contribution in [0.3, 0.4) is 0 Å². The lowest BCUT2D eigenvalue weighted by Crippen LogP contribution is -2.41. The highest BCUT2D eigenvalue weighted by atomic mass is 19.4. The molecule has 0 saturated heterocycles. The molecule has 0 saturated carbocycles. The largest absolute Gasteiger partial charge is 0.467 e. The number of rotatable bonds is 2. The number of carbonyl (C=O) groups is 2. The maximum absolute atomic E-state index is 12.7. The molecular weight excluding hydrogens is 361 g/mol. The van der Waals surface area contributed by atoms with Crippen LogP contribution in [0.1, 0.15) is 12.5 Å². The van der Waals surface area contributed by atoms with Gasteiger partial charge in [-0.05, 0) is 35.9 Å². The maximum Gasteiger partial charge on any atom is 0.416 e. The van der Waals surface area contributed by atoms with E-state index in [9.17, 15) is 22.8 Å². The van der Waals surface area contributed by atoms with Gasteiger partial charge in [-0.25, -0.2) is 4.99 Å². The fourth-order valence-corrected chi connectivity index (χ4v) is 2.65. The van der Waals surface area contributed by atoms with Gasteiger partial charge in [-0.15, -0.1) is 0 Å². The van der Waals surface area contributed by atoms with Gasteiger partial charge in [-0.1, -0.05) is 24.3 Å². The van der Waals surface area contributed by atoms with Gasteiger partial charge in [-0.2, -0.15) is 13.2 Å². The molecule has 1 aliphatic heterocycles. The predicted molar refractivity (Wildman–Crippen MR) is 92.1 cm³/mol. The van der Waals surface area contributed by atoms with Crippen LogP contribution in [0.4, 0.5) is 18.9 Å². The first kappa shape index (κ1) is 18.6. The summed E-state index contributed by atoms with van der Waals surface area (Å²) in [5.74, 6) is -2.13. The SMILES string of the molecule is CC(=O)NC(=O)C1C=C2C=CC=CC2OC1=Nc1ccc(C(F)(F)F)cc1. The van der Waals surface area contributed by atoms with E-state index < -0.39 is 35.6 Å². The van der Waals surface area contributed by atoms with Crippen molar-refractivity contribution in [2.24, 2.45) is 10.9 Å². The van der Waals surface area contributed by atoms with Crippen molar-refractivity contribution in [2.75, 3.05) is 0 Å². The second-order valence-corrected chi connectivity index (χ2v) is 5.97. The van der Waals surface area contributed by atoms with E-state index in [-0.39, 0.29) is 11.6 Å². The summed E-state index contributed by atoms with van der Waals surface area (Å²) in [6.45, 7) is 1.20. The van der Waals surface area contributed by atoms with Gasteiger partial charge in [0.1, 0.15) is 12.0 Å². The van der Waals surface area contributed by atoms with Gasteiger partial charge in [-0.3, -0.25) is 14.9 Å². The minimum atomic E-state index is -4.45. The number of hydrogen-bond donors (Lipinski definition) is 1. The Hall–Kier alpha value is -3.16. The van der Waals surface area contributed by atoms with Crippen LogP contribution >= 0.6 is 0 Å². The quantitative estimate of drug-likeness (QED) is 0.860. The molecule has 0 radical (unpaired) electrons. The van der Waals surface area contributed by atoms with Gasteiger partial charge in [0.15, 0.2) is 0 Å². The highest BCUT2D eigenvalue weighted by molar-refractivity contribution is 6.08. The first-order valence-corrected chi connectivity index (χ1v) is 8.04. The number of nitrogens with one attached hydrogen (secondary N) is 1. The number of nitrogens with zero attached hydrogens (tertiary/aromatic N) is 1. The number of amides is 2. The first-order chi connectivity index (χ1) is 12.7. The minimum Gasteiger partial charge on any atom is -0.467 e. The fraction of sp³-hybridized carbons (Fsp3) is 0.211. The lowest BCUT2D eigenvalue weighted by molar-refractivity contribution is -0.137. The van der Waals surface area contributed by atoms with E-state index in [0.717, 1.165) is 17.7 Å². The number of benzene rings is 1. The zero-order valence-electron chi connectivity index (χ0n) is 14.2. The normalized spacial score (nSPS) is 22.7. The number of allylic oxidation sites excluding steroid dienone is 2. The van der Waals surface area contributed by atoms with Gasteiger partial charge in [0.25, 0.3) is 0 Å². The summed E-state index contributed by atoms with van der Waals surface area (Å²) < 4.78 is 43.8. The summed E-state index contributed by atoms with van der Waals surface area (Å²) in [6.07, 6.45) is 3.80. The molecule has 2 unspecified atom stereocenters. The van der Waals surface area contributed by atoms with E-state index >= 15 is 0 Å². The molecule has 0 fully saturated rings. The van der Waals surface area contributed by atoms with E-state index in [1.807, 2.05) is 0 Å². The molecular formula is C19H15F3N2O3. The third-order valence-electron chi connectivity index (χ3n) is 3.90. The van der Waals surface area contributed by atoms with Gasteiger partial charge in [0.05, 0.1) is 11.3 Å². The van der Waals surface area contributed by atoms with Crippen LogP contribution < -0.4 is 5.32 Å². The molecule has 27 heavy (non-hydrogen) atoms. The summed E-state index contributed by atoms with van der Waals surface area (Å²) in [6, 6.07) is 4.18. The Labute approximate surface area is 152 Å². The average molecular weight is 376 g/mol. The first-order valence-electron chi connectivity index (χ1n) is 8.04. The topological polar surface area (TPSA) is 67.8 Å². The van der Waals surface area contributed by atoms with Crippen LogP contribution in [0, 0.1) is 5.92 Å². The average Bonchev–Trinajstić information content (AvgIpc) is 2.60. The zero-order chi connectivity index (χ0) is 19.6. The molecule has 1 aromatic carbocycles. The number of imide groups is 1. The second-order valence-electron chi connectivity index (χ2n) is 5.97. The van der Waals surface area contributed by atoms with Crippen molar-refractivity contribution in [1.29, 1.82) is 0 Å². The summed E-state index contributed by atoms with van der Waals surface area (Å²) in [5, 5.41) is 2.18. The smallest absolute Gasteiger partial charge is 0.416 e. The number of hydrogen-bond acceptors (Lipinski definition) is 4. The van der Waals surface area contributed by atoms with Gasteiger partial charge < -0.3 is 4.74 Å². The Bertz CT molecular complexity index is 880. The van der Waals surface area contributed by atoms with Crippen molar-refractivity contribution < 1.29 is 27.5 Å². The minimum absolute atomic E-state index is 0.00205. The van der Waals surface area contributed by atoms with Crippen molar-refractivity contribution >= 4 is 23.4 Å². The number of fused-ring (bicyclic) bond motifs is 1. The van der Waals surface area contributed by atoms with Crippen molar-refractivity contribution in [1.82, 2.24) is 5.32 Å². The summed E-state index contributed by atoms with van der Waals surface area (Å²) in [5.41, 5.74) is 0.128. The van der Waals surface area contributed by atoms with E-state index in [4.69, 9.17) is 4.74 Å². The number of halogens is 3. The molecule has 2 atom stereocenters. The van der Waals surface area contributed by atoms with Gasteiger partial charge in [0.2, 0.25) is 17.7 Å². The Morgan fingerprint density at radius 2 is 1.85 bits per heavy atom. The zero-order valence-corrected chi connectivity index (χ0v) is 14.2. The number of carbonyl (C=O) groups excluding carboxylic acids is 2. The molecule has 1 N–H and O–H groups in total. The van der Waals surface area contributed by atoms with Gasteiger partial charge >= 0.3 is 6.18 Å². The van der Waals surface area contributed by atoms with E-state index in [1.54, 1.807) is 30.4 Å². The van der Waals surface area contributed by atoms with Crippen molar-refractivity contribution in [3.05, 3.63) is 65.8 Å². The molecule has 2 amide bonds. The number of ether oxygens (including phenoxy) is 1. The lowest BCUT2D eigenvalue weighted by Gasteiger charge is -2.28. The molecule has 8 heteroatoms. The predicted octanol–water partition coefficient (Wildman–Crippen LogP) is 3.47. The van der Waals surface area contributed by atoms with Crippen LogP contribution in [0.15, 0.2) is 65.2 Å². The Kier molecular flexibility index (Phi) is 4.98. The van der Waals surface area contributed by atoms with Crippen molar-refractivity contribution in [3.63, 3.8) is 0 Å². The molecule has 0 aromatic heterocycles. The van der Waals surface area contributed by atoms with Crippen LogP contribution in [-0.4, -0.2) is 23.8 Å². The van der Waals surface area contributed by atoms with E-state index in [0.29, 0.717) is 0 Å². The standard InChI is InChI=1S/C19H15F3N2O3/c1-11(25)23-17(26)15-10-12-4-2-3-5-16(12)27-18(15)24-14-8-6-13(7-9-14)19(20,21)22/h2-10,15-16H,1H3,(H,23,25,26). The summed E-state index contributed by atoms with van der Waals surface area (Å²) in [7, 11) is 0. The van der Waals surface area contributed by atoms with E-state index in [2.05, 4.69) is 10.3 Å². The molecule has 3 rings (SSSR count). The second kappa shape index (κ2) is 7.22. The molecule has 0 bridgehead atoms. The number of aliphatic imine (C=N–C) groups is 1. The lowest BCUT2D eigenvalue weighted by atomic mass is 9.94.